The minimum absolute atomic E-state index is 0.371. The number of thiazole rings is 1. The van der Waals surface area contributed by atoms with Crippen molar-refractivity contribution in [1.29, 1.82) is 0 Å². The van der Waals surface area contributed by atoms with Gasteiger partial charge in [-0.15, -0.1) is 11.3 Å². The molecule has 0 aliphatic carbocycles. The summed E-state index contributed by atoms with van der Waals surface area (Å²) in [6.07, 6.45) is 0.560. The predicted molar refractivity (Wildman–Crippen MR) is 71.6 cm³/mol. The minimum atomic E-state index is 0.371. The molecule has 0 aliphatic rings. The van der Waals surface area contributed by atoms with E-state index < -0.39 is 0 Å². The van der Waals surface area contributed by atoms with Gasteiger partial charge in [-0.1, -0.05) is 11.2 Å². The Morgan fingerprint density at radius 3 is 2.89 bits per heavy atom. The van der Waals surface area contributed by atoms with Crippen molar-refractivity contribution in [3.63, 3.8) is 0 Å². The highest BCUT2D eigenvalue weighted by Gasteiger charge is 2.12. The van der Waals surface area contributed by atoms with E-state index in [0.717, 1.165) is 10.7 Å². The third-order valence-corrected chi connectivity index (χ3v) is 3.40. The predicted octanol–water partition coefficient (Wildman–Crippen LogP) is 2.07. The number of anilines is 1. The maximum atomic E-state index is 5.62. The molecule has 0 amide bonds. The Bertz CT molecular complexity index is 705. The van der Waals surface area contributed by atoms with E-state index in [2.05, 4.69) is 20.1 Å². The van der Waals surface area contributed by atoms with Gasteiger partial charge in [-0.25, -0.2) is 9.97 Å². The van der Waals surface area contributed by atoms with Crippen molar-refractivity contribution in [3.05, 3.63) is 40.1 Å². The van der Waals surface area contributed by atoms with Crippen LogP contribution in [-0.4, -0.2) is 20.1 Å². The van der Waals surface area contributed by atoms with E-state index in [1.54, 1.807) is 29.5 Å². The van der Waals surface area contributed by atoms with Crippen molar-refractivity contribution in [2.24, 2.45) is 0 Å². The van der Waals surface area contributed by atoms with Crippen LogP contribution in [0.15, 0.2) is 28.1 Å². The van der Waals surface area contributed by atoms with E-state index in [4.69, 9.17) is 10.3 Å². The summed E-state index contributed by atoms with van der Waals surface area (Å²) in [5, 5.41) is 6.89. The summed E-state index contributed by atoms with van der Waals surface area (Å²) in [6.45, 7) is 1.96. The number of pyridine rings is 1. The zero-order valence-corrected chi connectivity index (χ0v) is 11.0. The number of nitrogens with two attached hydrogens (primary N) is 1. The van der Waals surface area contributed by atoms with Crippen LogP contribution in [0.25, 0.3) is 11.6 Å². The lowest BCUT2D eigenvalue weighted by Crippen LogP contribution is -1.92. The van der Waals surface area contributed by atoms with Crippen molar-refractivity contribution in [1.82, 2.24) is 20.1 Å². The Labute approximate surface area is 113 Å². The van der Waals surface area contributed by atoms with E-state index >= 15 is 0 Å². The molecule has 0 atom stereocenters. The normalized spacial score (nSPS) is 10.8. The highest BCUT2D eigenvalue weighted by Crippen LogP contribution is 2.18. The summed E-state index contributed by atoms with van der Waals surface area (Å²) in [5.74, 6) is 1.39. The Morgan fingerprint density at radius 2 is 2.16 bits per heavy atom. The van der Waals surface area contributed by atoms with Crippen molar-refractivity contribution in [2.45, 2.75) is 13.3 Å². The second kappa shape index (κ2) is 4.77. The lowest BCUT2D eigenvalue weighted by Gasteiger charge is -1.94. The van der Waals surface area contributed by atoms with Gasteiger partial charge in [-0.05, 0) is 19.1 Å². The molecule has 0 saturated heterocycles. The highest BCUT2D eigenvalue weighted by atomic mass is 32.1. The van der Waals surface area contributed by atoms with E-state index in [-0.39, 0.29) is 0 Å². The fourth-order valence-electron chi connectivity index (χ4n) is 1.62. The van der Waals surface area contributed by atoms with Crippen LogP contribution >= 0.6 is 11.3 Å². The Hall–Kier alpha value is -2.28. The lowest BCUT2D eigenvalue weighted by molar-refractivity contribution is 0.422. The number of hydrogen-bond donors (Lipinski definition) is 1. The molecule has 0 fully saturated rings. The summed E-state index contributed by atoms with van der Waals surface area (Å²) in [4.78, 5) is 12.8. The lowest BCUT2D eigenvalue weighted by atomic mass is 10.3. The summed E-state index contributed by atoms with van der Waals surface area (Å²) < 4.78 is 5.18. The second-order valence-electron chi connectivity index (χ2n) is 4.02. The van der Waals surface area contributed by atoms with Crippen molar-refractivity contribution < 1.29 is 4.52 Å². The molecule has 0 radical (unpaired) electrons. The monoisotopic (exact) mass is 273 g/mol. The molecule has 3 aromatic heterocycles. The van der Waals surface area contributed by atoms with Gasteiger partial charge in [0.25, 0.3) is 5.89 Å². The third-order valence-electron chi connectivity index (χ3n) is 2.43. The molecule has 0 unspecified atom stereocenters. The van der Waals surface area contributed by atoms with E-state index in [1.165, 1.54) is 0 Å². The van der Waals surface area contributed by atoms with Crippen LogP contribution in [0.4, 0.5) is 5.82 Å². The molecule has 7 heteroatoms. The highest BCUT2D eigenvalue weighted by molar-refractivity contribution is 7.09. The first-order chi connectivity index (χ1) is 9.20. The number of rotatable bonds is 3. The molecule has 3 rings (SSSR count). The SMILES string of the molecule is Cc1csc(Cc2noc(-c3cccc(N)n3)n2)n1. The smallest absolute Gasteiger partial charge is 0.276 e. The van der Waals surface area contributed by atoms with Crippen molar-refractivity contribution in [3.8, 4) is 11.6 Å². The van der Waals surface area contributed by atoms with Crippen LogP contribution < -0.4 is 5.73 Å². The molecule has 3 aromatic rings. The first kappa shape index (κ1) is 11.8. The maximum Gasteiger partial charge on any atom is 0.276 e. The van der Waals surface area contributed by atoms with Gasteiger partial charge in [0.1, 0.15) is 16.5 Å². The fourth-order valence-corrected chi connectivity index (χ4v) is 2.39. The standard InChI is InChI=1S/C12H11N5OS/c1-7-6-19-11(14-7)5-10-16-12(18-17-10)8-3-2-4-9(13)15-8/h2-4,6H,5H2,1H3,(H2,13,15). The number of nitrogen functional groups attached to an aromatic ring is 1. The number of aryl methyl sites for hydroxylation is 1. The van der Waals surface area contributed by atoms with Gasteiger partial charge >= 0.3 is 0 Å². The molecule has 6 nitrogen and oxygen atoms in total. The largest absolute Gasteiger partial charge is 0.384 e. The van der Waals surface area contributed by atoms with Crippen LogP contribution in [-0.2, 0) is 6.42 Å². The first-order valence-corrected chi connectivity index (χ1v) is 6.55. The Morgan fingerprint density at radius 1 is 1.26 bits per heavy atom. The maximum absolute atomic E-state index is 5.62. The number of aromatic nitrogens is 4. The molecule has 2 N–H and O–H groups in total. The van der Waals surface area contributed by atoms with Gasteiger partial charge in [0.05, 0.1) is 6.42 Å². The fraction of sp³-hybridized carbons (Fsp3) is 0.167. The summed E-state index contributed by atoms with van der Waals surface area (Å²) in [6, 6.07) is 5.28. The molecule has 96 valence electrons. The summed E-state index contributed by atoms with van der Waals surface area (Å²) >= 11 is 1.58. The van der Waals surface area contributed by atoms with Crippen LogP contribution in [0.2, 0.25) is 0 Å². The molecule has 0 bridgehead atoms. The average molecular weight is 273 g/mol. The van der Waals surface area contributed by atoms with E-state index in [1.807, 2.05) is 12.3 Å². The molecule has 0 spiro atoms. The quantitative estimate of drug-likeness (QED) is 0.785. The van der Waals surface area contributed by atoms with Gasteiger partial charge < -0.3 is 10.3 Å². The molecule has 0 saturated carbocycles. The van der Waals surface area contributed by atoms with Gasteiger partial charge in [-0.2, -0.15) is 4.98 Å². The Balaban J connectivity index is 1.83. The topological polar surface area (TPSA) is 90.7 Å². The van der Waals surface area contributed by atoms with Crippen LogP contribution in [0.3, 0.4) is 0 Å². The van der Waals surface area contributed by atoms with E-state index in [0.29, 0.717) is 29.6 Å². The molecular formula is C12H11N5OS. The summed E-state index contributed by atoms with van der Waals surface area (Å²) in [5.41, 5.74) is 7.20. The molecule has 0 aliphatic heterocycles. The van der Waals surface area contributed by atoms with Gasteiger partial charge in [0.2, 0.25) is 0 Å². The second-order valence-corrected chi connectivity index (χ2v) is 4.97. The van der Waals surface area contributed by atoms with Crippen molar-refractivity contribution >= 4 is 17.2 Å². The average Bonchev–Trinajstić information content (AvgIpc) is 2.99. The number of nitrogens with zero attached hydrogens (tertiary/aromatic N) is 4. The van der Waals surface area contributed by atoms with Crippen molar-refractivity contribution in [2.75, 3.05) is 5.73 Å². The molecular weight excluding hydrogens is 262 g/mol. The van der Waals surface area contributed by atoms with Gasteiger partial charge in [0.15, 0.2) is 5.82 Å². The Kier molecular flexibility index (Phi) is 2.96. The molecule has 0 aromatic carbocycles. The first-order valence-electron chi connectivity index (χ1n) is 5.67. The molecule has 19 heavy (non-hydrogen) atoms. The van der Waals surface area contributed by atoms with Crippen LogP contribution in [0, 0.1) is 6.92 Å². The third kappa shape index (κ3) is 2.60. The van der Waals surface area contributed by atoms with Crippen LogP contribution in [0.1, 0.15) is 16.5 Å². The zero-order valence-electron chi connectivity index (χ0n) is 10.2. The van der Waals surface area contributed by atoms with Gasteiger partial charge in [-0.3, -0.25) is 0 Å². The summed E-state index contributed by atoms with van der Waals surface area (Å²) in [7, 11) is 0. The van der Waals surface area contributed by atoms with Gasteiger partial charge in [0, 0.05) is 11.1 Å². The minimum Gasteiger partial charge on any atom is -0.384 e. The molecule has 3 heterocycles. The zero-order chi connectivity index (χ0) is 13.2. The van der Waals surface area contributed by atoms with E-state index in [9.17, 15) is 0 Å². The van der Waals surface area contributed by atoms with Crippen LogP contribution in [0.5, 0.6) is 0 Å². The number of hydrogen-bond acceptors (Lipinski definition) is 7.